The molecular weight excluding hydrogens is 368 g/mol. The Morgan fingerprint density at radius 3 is 2.69 bits per heavy atom. The molecular formula is C18H18N4O2S2. The van der Waals surface area contributed by atoms with Gasteiger partial charge in [-0.05, 0) is 19.4 Å². The maximum absolute atomic E-state index is 12.0. The fourth-order valence-corrected chi connectivity index (χ4v) is 4.18. The number of nitrogens with zero attached hydrogens (tertiary/aromatic N) is 2. The molecule has 0 saturated carbocycles. The SMILES string of the molecule is CC(C)NC(=O)NC(=O)CSc1ncnc2scc(-c3ccccc3)c12. The van der Waals surface area contributed by atoms with Crippen molar-refractivity contribution in [1.82, 2.24) is 20.6 Å². The molecule has 0 saturated heterocycles. The van der Waals surface area contributed by atoms with E-state index in [1.807, 2.05) is 44.2 Å². The lowest BCUT2D eigenvalue weighted by molar-refractivity contribution is -0.117. The number of benzene rings is 1. The van der Waals surface area contributed by atoms with Crippen LogP contribution >= 0.6 is 23.1 Å². The van der Waals surface area contributed by atoms with Gasteiger partial charge in [-0.15, -0.1) is 11.3 Å². The van der Waals surface area contributed by atoms with Crippen LogP contribution in [0.25, 0.3) is 21.3 Å². The molecule has 8 heteroatoms. The molecule has 0 aliphatic rings. The highest BCUT2D eigenvalue weighted by Gasteiger charge is 2.15. The molecule has 0 unspecified atom stereocenters. The lowest BCUT2D eigenvalue weighted by Gasteiger charge is -2.09. The first kappa shape index (κ1) is 18.3. The van der Waals surface area contributed by atoms with E-state index >= 15 is 0 Å². The van der Waals surface area contributed by atoms with Crippen molar-refractivity contribution in [2.75, 3.05) is 5.75 Å². The molecule has 3 aromatic rings. The van der Waals surface area contributed by atoms with Gasteiger partial charge >= 0.3 is 6.03 Å². The van der Waals surface area contributed by atoms with Gasteiger partial charge in [-0.1, -0.05) is 42.1 Å². The number of nitrogens with one attached hydrogen (secondary N) is 2. The van der Waals surface area contributed by atoms with Crippen molar-refractivity contribution in [3.63, 3.8) is 0 Å². The van der Waals surface area contributed by atoms with Gasteiger partial charge in [0.15, 0.2) is 0 Å². The predicted molar refractivity (Wildman–Crippen MR) is 105 cm³/mol. The van der Waals surface area contributed by atoms with Gasteiger partial charge in [-0.2, -0.15) is 0 Å². The molecule has 3 amide bonds. The van der Waals surface area contributed by atoms with Crippen molar-refractivity contribution >= 4 is 45.3 Å². The average Bonchev–Trinajstić information content (AvgIpc) is 3.04. The van der Waals surface area contributed by atoms with Gasteiger partial charge in [-0.3, -0.25) is 10.1 Å². The number of hydrogen-bond donors (Lipinski definition) is 2. The second kappa shape index (κ2) is 8.29. The number of aromatic nitrogens is 2. The Morgan fingerprint density at radius 2 is 1.96 bits per heavy atom. The standard InChI is InChI=1S/C18H18N4O2S2/c1-11(2)21-18(24)22-14(23)9-26-17-15-13(12-6-4-3-5-7-12)8-25-16(15)19-10-20-17/h3-8,10-11H,9H2,1-2H3,(H2,21,22,23,24). The van der Waals surface area contributed by atoms with Gasteiger partial charge in [0.05, 0.1) is 11.1 Å². The summed E-state index contributed by atoms with van der Waals surface area (Å²) in [5.41, 5.74) is 2.13. The van der Waals surface area contributed by atoms with Gasteiger partial charge in [0.1, 0.15) is 16.2 Å². The number of fused-ring (bicyclic) bond motifs is 1. The molecule has 26 heavy (non-hydrogen) atoms. The number of urea groups is 1. The molecule has 134 valence electrons. The Balaban J connectivity index is 1.77. The third kappa shape index (κ3) is 4.39. The Bertz CT molecular complexity index is 925. The van der Waals surface area contributed by atoms with E-state index in [-0.39, 0.29) is 17.7 Å². The van der Waals surface area contributed by atoms with Crippen molar-refractivity contribution in [2.24, 2.45) is 0 Å². The van der Waals surface area contributed by atoms with E-state index in [1.54, 1.807) is 11.3 Å². The smallest absolute Gasteiger partial charge is 0.321 e. The minimum absolute atomic E-state index is 0.0313. The second-order valence-corrected chi connectivity index (χ2v) is 7.66. The number of carbonyl (C=O) groups excluding carboxylic acids is 2. The number of thioether (sulfide) groups is 1. The summed E-state index contributed by atoms with van der Waals surface area (Å²) >= 11 is 2.84. The third-order valence-corrected chi connectivity index (χ3v) is 5.31. The van der Waals surface area contributed by atoms with Gasteiger partial charge in [-0.25, -0.2) is 14.8 Å². The molecule has 6 nitrogen and oxygen atoms in total. The summed E-state index contributed by atoms with van der Waals surface area (Å²) in [6.07, 6.45) is 1.50. The first-order valence-electron chi connectivity index (χ1n) is 8.05. The number of hydrogen-bond acceptors (Lipinski definition) is 6. The highest BCUT2D eigenvalue weighted by Crippen LogP contribution is 2.37. The maximum atomic E-state index is 12.0. The van der Waals surface area contributed by atoms with Crippen LogP contribution in [-0.2, 0) is 4.79 Å². The Morgan fingerprint density at radius 1 is 1.19 bits per heavy atom. The highest BCUT2D eigenvalue weighted by molar-refractivity contribution is 8.00. The lowest BCUT2D eigenvalue weighted by atomic mass is 10.1. The number of amides is 3. The van der Waals surface area contributed by atoms with Crippen molar-refractivity contribution in [1.29, 1.82) is 0 Å². The topological polar surface area (TPSA) is 84.0 Å². The molecule has 0 aliphatic heterocycles. The first-order valence-corrected chi connectivity index (χ1v) is 9.92. The summed E-state index contributed by atoms with van der Waals surface area (Å²) in [6.45, 7) is 3.66. The summed E-state index contributed by atoms with van der Waals surface area (Å²) in [5, 5.41) is 8.66. The molecule has 0 bridgehead atoms. The molecule has 3 rings (SSSR count). The van der Waals surface area contributed by atoms with Crippen molar-refractivity contribution in [3.8, 4) is 11.1 Å². The molecule has 1 aromatic carbocycles. The van der Waals surface area contributed by atoms with E-state index in [4.69, 9.17) is 0 Å². The van der Waals surface area contributed by atoms with E-state index in [9.17, 15) is 9.59 Å². The monoisotopic (exact) mass is 386 g/mol. The van der Waals surface area contributed by atoms with Crippen molar-refractivity contribution < 1.29 is 9.59 Å². The molecule has 0 atom stereocenters. The van der Waals surface area contributed by atoms with Gasteiger partial charge < -0.3 is 5.32 Å². The number of carbonyl (C=O) groups is 2. The van der Waals surface area contributed by atoms with E-state index in [1.165, 1.54) is 18.1 Å². The number of imide groups is 1. The molecule has 2 N–H and O–H groups in total. The summed E-state index contributed by atoms with van der Waals surface area (Å²) < 4.78 is 0. The van der Waals surface area contributed by atoms with Gasteiger partial charge in [0.25, 0.3) is 0 Å². The summed E-state index contributed by atoms with van der Waals surface area (Å²) in [4.78, 5) is 33.2. The van der Waals surface area contributed by atoms with Gasteiger partial charge in [0.2, 0.25) is 5.91 Å². The summed E-state index contributed by atoms with van der Waals surface area (Å²) in [7, 11) is 0. The quantitative estimate of drug-likeness (QED) is 0.516. The summed E-state index contributed by atoms with van der Waals surface area (Å²) in [5.74, 6) is -0.266. The predicted octanol–water partition coefficient (Wildman–Crippen LogP) is 3.68. The fourth-order valence-electron chi connectivity index (χ4n) is 2.38. The molecule has 2 aromatic heterocycles. The zero-order chi connectivity index (χ0) is 18.5. The van der Waals surface area contributed by atoms with Crippen LogP contribution in [0.4, 0.5) is 4.79 Å². The Kier molecular flexibility index (Phi) is 5.85. The third-order valence-electron chi connectivity index (χ3n) is 3.43. The summed E-state index contributed by atoms with van der Waals surface area (Å²) in [6, 6.07) is 9.48. The normalized spacial score (nSPS) is 10.9. The van der Waals surface area contributed by atoms with Crippen LogP contribution in [0.1, 0.15) is 13.8 Å². The van der Waals surface area contributed by atoms with Crippen molar-refractivity contribution in [2.45, 2.75) is 24.9 Å². The Labute approximate surface area is 159 Å². The minimum atomic E-state index is -0.487. The lowest BCUT2D eigenvalue weighted by Crippen LogP contribution is -2.43. The van der Waals surface area contributed by atoms with Crippen LogP contribution in [0.2, 0.25) is 0 Å². The molecule has 0 fully saturated rings. The van der Waals surface area contributed by atoms with Crippen LogP contribution in [0.15, 0.2) is 47.1 Å². The molecule has 0 radical (unpaired) electrons. The van der Waals surface area contributed by atoms with Crippen molar-refractivity contribution in [3.05, 3.63) is 42.0 Å². The second-order valence-electron chi connectivity index (χ2n) is 5.84. The van der Waals surface area contributed by atoms with Crippen LogP contribution < -0.4 is 10.6 Å². The van der Waals surface area contributed by atoms with E-state index < -0.39 is 6.03 Å². The molecule has 0 spiro atoms. The van der Waals surface area contributed by atoms with Crippen LogP contribution in [0.5, 0.6) is 0 Å². The first-order chi connectivity index (χ1) is 12.5. The van der Waals surface area contributed by atoms with Crippen LogP contribution in [-0.4, -0.2) is 33.7 Å². The zero-order valence-corrected chi connectivity index (χ0v) is 16.0. The minimum Gasteiger partial charge on any atom is -0.336 e. The fraction of sp³-hybridized carbons (Fsp3) is 0.222. The zero-order valence-electron chi connectivity index (χ0n) is 14.4. The number of rotatable bonds is 5. The van der Waals surface area contributed by atoms with Crippen LogP contribution in [0, 0.1) is 0 Å². The average molecular weight is 387 g/mol. The largest absolute Gasteiger partial charge is 0.336 e. The van der Waals surface area contributed by atoms with Gasteiger partial charge in [0, 0.05) is 17.0 Å². The molecule has 2 heterocycles. The van der Waals surface area contributed by atoms with E-state index in [0.29, 0.717) is 0 Å². The Hall–Kier alpha value is -2.45. The highest BCUT2D eigenvalue weighted by atomic mass is 32.2. The van der Waals surface area contributed by atoms with E-state index in [2.05, 4.69) is 26.0 Å². The maximum Gasteiger partial charge on any atom is 0.321 e. The molecule has 0 aliphatic carbocycles. The van der Waals surface area contributed by atoms with E-state index in [0.717, 1.165) is 26.4 Å². The number of thiophene rings is 1. The van der Waals surface area contributed by atoms with Crippen LogP contribution in [0.3, 0.4) is 0 Å².